The van der Waals surface area contributed by atoms with Gasteiger partial charge in [0, 0.05) is 0 Å². The second kappa shape index (κ2) is 0.490. The third kappa shape index (κ3) is 0.238. The van der Waals surface area contributed by atoms with Crippen LogP contribution in [0.3, 0.4) is 0 Å². The zero-order valence-electron chi connectivity index (χ0n) is 2.34. The van der Waals surface area contributed by atoms with Crippen LogP contribution < -0.4 is 0 Å². The third-order valence-electron chi connectivity index (χ3n) is 0.372. The maximum Gasteiger partial charge on any atom is 0.379 e. The van der Waals surface area contributed by atoms with Crippen LogP contribution in [0.5, 0.6) is 0 Å². The van der Waals surface area contributed by atoms with Crippen molar-refractivity contribution < 1.29 is 14.6 Å². The molecule has 1 fully saturated rings. The third-order valence-corrected chi connectivity index (χ3v) is 0.372. The zero-order chi connectivity index (χ0) is 3.86. The Morgan fingerprint density at radius 3 is 2.20 bits per heavy atom. The fourth-order valence-electron chi connectivity index (χ4n) is 0.0760. The van der Waals surface area contributed by atoms with Gasteiger partial charge in [0.05, 0.1) is 0 Å². The number of rotatable bonds is 0. The fraction of sp³-hybridized carbons (Fsp3) is 0.500. The van der Waals surface area contributed by atoms with Gasteiger partial charge in [-0.1, -0.05) is 0 Å². The Morgan fingerprint density at radius 2 is 2.20 bits per heavy atom. The lowest BCUT2D eigenvalue weighted by molar-refractivity contribution is -0.117. The normalized spacial score (nSPS) is 33.0. The van der Waals surface area contributed by atoms with Crippen LogP contribution >= 0.6 is 0 Å². The molecular formula is C2H2O3. The van der Waals surface area contributed by atoms with Crippen LogP contribution in [0.1, 0.15) is 0 Å². The van der Waals surface area contributed by atoms with Gasteiger partial charge in [-0.05, 0) is 0 Å². The van der Waals surface area contributed by atoms with Crippen LogP contribution in [-0.4, -0.2) is 17.4 Å². The van der Waals surface area contributed by atoms with E-state index < -0.39 is 12.3 Å². The summed E-state index contributed by atoms with van der Waals surface area (Å²) in [6.45, 7) is 0. The topological polar surface area (TPSA) is 49.8 Å². The number of hydrogen-bond acceptors (Lipinski definition) is 3. The lowest BCUT2D eigenvalue weighted by atomic mass is 10.9. The molecule has 0 aliphatic carbocycles. The summed E-state index contributed by atoms with van der Waals surface area (Å²) >= 11 is 0. The molecule has 0 aromatic heterocycles. The molecule has 1 aliphatic rings. The minimum absolute atomic E-state index is 0.523. The SMILES string of the molecule is O=C1O[C@H]1O. The van der Waals surface area contributed by atoms with Crippen molar-refractivity contribution >= 4 is 5.97 Å². The summed E-state index contributed by atoms with van der Waals surface area (Å²) in [6.07, 6.45) is -1.09. The second-order valence-electron chi connectivity index (χ2n) is 0.789. The highest BCUT2D eigenvalue weighted by Gasteiger charge is 2.35. The van der Waals surface area contributed by atoms with Gasteiger partial charge in [-0.3, -0.25) is 0 Å². The largest absolute Gasteiger partial charge is 0.419 e. The molecule has 0 radical (unpaired) electrons. The first kappa shape index (κ1) is 2.66. The predicted octanol–water partition coefficient (Wildman–Crippen LogP) is -1.14. The Labute approximate surface area is 28.2 Å². The van der Waals surface area contributed by atoms with Crippen LogP contribution in [-0.2, 0) is 9.53 Å². The molecule has 1 rings (SSSR count). The molecular weight excluding hydrogens is 72.0 g/mol. The molecule has 1 heterocycles. The van der Waals surface area contributed by atoms with E-state index in [1.165, 1.54) is 0 Å². The maximum absolute atomic E-state index is 9.41. The first-order valence-electron chi connectivity index (χ1n) is 1.19. The van der Waals surface area contributed by atoms with E-state index in [9.17, 15) is 4.79 Å². The second-order valence-corrected chi connectivity index (χ2v) is 0.789. The number of aliphatic hydroxyl groups is 1. The Bertz CT molecular complexity index is 67.3. The molecule has 0 saturated carbocycles. The Kier molecular flexibility index (Phi) is 0.260. The van der Waals surface area contributed by atoms with E-state index in [0.717, 1.165) is 0 Å². The van der Waals surface area contributed by atoms with Crippen molar-refractivity contribution in [3.63, 3.8) is 0 Å². The van der Waals surface area contributed by atoms with Crippen molar-refractivity contribution in [3.8, 4) is 0 Å². The summed E-state index contributed by atoms with van der Waals surface area (Å²) in [5.41, 5.74) is 0. The molecule has 1 aliphatic heterocycles. The number of carbonyl (C=O) groups is 1. The summed E-state index contributed by atoms with van der Waals surface area (Å²) in [5.74, 6) is -0.523. The van der Waals surface area contributed by atoms with E-state index in [4.69, 9.17) is 5.11 Å². The van der Waals surface area contributed by atoms with Gasteiger partial charge in [0.1, 0.15) is 0 Å². The summed E-state index contributed by atoms with van der Waals surface area (Å²) in [7, 11) is 0. The van der Waals surface area contributed by atoms with Crippen molar-refractivity contribution in [1.29, 1.82) is 0 Å². The summed E-state index contributed by atoms with van der Waals surface area (Å²) in [6, 6.07) is 0. The molecule has 28 valence electrons. The Hall–Kier alpha value is -0.570. The smallest absolute Gasteiger partial charge is 0.379 e. The lowest BCUT2D eigenvalue weighted by Gasteiger charge is -1.50. The number of epoxide rings is 1. The molecule has 0 amide bonds. The monoisotopic (exact) mass is 74.0 g/mol. The molecule has 0 aromatic carbocycles. The first-order valence-corrected chi connectivity index (χ1v) is 1.19. The van der Waals surface area contributed by atoms with Crippen LogP contribution in [0.2, 0.25) is 0 Å². The van der Waals surface area contributed by atoms with Crippen LogP contribution in [0, 0.1) is 0 Å². The van der Waals surface area contributed by atoms with Crippen molar-refractivity contribution in [2.75, 3.05) is 0 Å². The van der Waals surface area contributed by atoms with Gasteiger partial charge in [-0.25, -0.2) is 4.79 Å². The van der Waals surface area contributed by atoms with E-state index in [-0.39, 0.29) is 0 Å². The van der Waals surface area contributed by atoms with Gasteiger partial charge in [-0.15, -0.1) is 0 Å². The highest BCUT2D eigenvalue weighted by atomic mass is 16.7. The highest BCUT2D eigenvalue weighted by Crippen LogP contribution is 2.04. The zero-order valence-corrected chi connectivity index (χ0v) is 2.34. The van der Waals surface area contributed by atoms with E-state index in [1.54, 1.807) is 0 Å². The lowest BCUT2D eigenvalue weighted by Crippen LogP contribution is -1.76. The molecule has 5 heavy (non-hydrogen) atoms. The number of aliphatic hydroxyl groups excluding tert-OH is 1. The van der Waals surface area contributed by atoms with Crippen LogP contribution in [0.4, 0.5) is 0 Å². The number of carbonyl (C=O) groups excluding carboxylic acids is 1. The van der Waals surface area contributed by atoms with E-state index in [2.05, 4.69) is 4.74 Å². The van der Waals surface area contributed by atoms with Gasteiger partial charge in [-0.2, -0.15) is 0 Å². The predicted molar refractivity (Wildman–Crippen MR) is 12.1 cm³/mol. The van der Waals surface area contributed by atoms with E-state index >= 15 is 0 Å². The molecule has 0 spiro atoms. The fourth-order valence-corrected chi connectivity index (χ4v) is 0.0760. The number of hydrogen-bond donors (Lipinski definition) is 1. The summed E-state index contributed by atoms with van der Waals surface area (Å²) in [5, 5.41) is 7.86. The molecule has 1 saturated heterocycles. The molecule has 0 bridgehead atoms. The van der Waals surface area contributed by atoms with E-state index in [1.807, 2.05) is 0 Å². The molecule has 0 aromatic rings. The molecule has 3 nitrogen and oxygen atoms in total. The highest BCUT2D eigenvalue weighted by molar-refractivity contribution is 5.84. The molecule has 1 atom stereocenters. The van der Waals surface area contributed by atoms with Crippen molar-refractivity contribution in [3.05, 3.63) is 0 Å². The molecule has 1 N–H and O–H groups in total. The van der Waals surface area contributed by atoms with Gasteiger partial charge < -0.3 is 9.84 Å². The average molecular weight is 74.0 g/mol. The number of cyclic esters (lactones) is 1. The Morgan fingerprint density at radius 1 is 2.00 bits per heavy atom. The van der Waals surface area contributed by atoms with Gasteiger partial charge in [0.25, 0.3) is 6.29 Å². The Balaban J connectivity index is 2.47. The molecule has 0 unspecified atom stereocenters. The summed E-state index contributed by atoms with van der Waals surface area (Å²) in [4.78, 5) is 9.41. The maximum atomic E-state index is 9.41. The minimum atomic E-state index is -1.09. The van der Waals surface area contributed by atoms with Crippen molar-refractivity contribution in [2.24, 2.45) is 0 Å². The van der Waals surface area contributed by atoms with E-state index in [0.29, 0.717) is 0 Å². The standard InChI is InChI=1S/C2H2O3/c3-1-2(4)5-1/h1,3H/t1-/m1/s1. The minimum Gasteiger partial charge on any atom is -0.419 e. The van der Waals surface area contributed by atoms with Crippen molar-refractivity contribution in [1.82, 2.24) is 0 Å². The van der Waals surface area contributed by atoms with Crippen LogP contribution in [0.25, 0.3) is 0 Å². The quantitative estimate of drug-likeness (QED) is 0.369. The average Bonchev–Trinajstić information content (AvgIpc) is 1.79. The molecule has 3 heteroatoms. The van der Waals surface area contributed by atoms with Gasteiger partial charge in [0.2, 0.25) is 0 Å². The van der Waals surface area contributed by atoms with Gasteiger partial charge >= 0.3 is 5.97 Å². The van der Waals surface area contributed by atoms with Crippen LogP contribution in [0.15, 0.2) is 0 Å². The first-order chi connectivity index (χ1) is 2.30. The summed E-state index contributed by atoms with van der Waals surface area (Å²) < 4.78 is 3.83. The number of ether oxygens (including phenoxy) is 1. The van der Waals surface area contributed by atoms with Gasteiger partial charge in [0.15, 0.2) is 0 Å². The van der Waals surface area contributed by atoms with Crippen molar-refractivity contribution in [2.45, 2.75) is 6.29 Å².